The van der Waals surface area contributed by atoms with Gasteiger partial charge >= 0.3 is 0 Å². The fourth-order valence-electron chi connectivity index (χ4n) is 3.04. The Labute approximate surface area is 176 Å². The molecule has 0 aliphatic heterocycles. The van der Waals surface area contributed by atoms with E-state index in [1.807, 2.05) is 43.4 Å². The van der Waals surface area contributed by atoms with Gasteiger partial charge in [0.25, 0.3) is 5.91 Å². The van der Waals surface area contributed by atoms with Crippen molar-refractivity contribution >= 4 is 17.5 Å². The van der Waals surface area contributed by atoms with Gasteiger partial charge in [0.05, 0.1) is 23.5 Å². The van der Waals surface area contributed by atoms with Gasteiger partial charge in [0.15, 0.2) is 0 Å². The molecule has 0 radical (unpaired) electrons. The lowest BCUT2D eigenvalue weighted by molar-refractivity contribution is 0.0782. The molecule has 3 aromatic rings. The third-order valence-corrected chi connectivity index (χ3v) is 5.19. The number of amides is 1. The van der Waals surface area contributed by atoms with Crippen LogP contribution in [0.25, 0.3) is 0 Å². The molecule has 5 nitrogen and oxygen atoms in total. The van der Waals surface area contributed by atoms with Gasteiger partial charge in [0.2, 0.25) is 0 Å². The highest BCUT2D eigenvalue weighted by Gasteiger charge is 2.16. The molecule has 1 heterocycles. The van der Waals surface area contributed by atoms with Gasteiger partial charge in [-0.05, 0) is 41.3 Å². The molecule has 0 saturated heterocycles. The van der Waals surface area contributed by atoms with Crippen LogP contribution in [0.1, 0.15) is 46.9 Å². The Morgan fingerprint density at radius 2 is 1.93 bits per heavy atom. The lowest BCUT2D eigenvalue weighted by Gasteiger charge is -2.18. The highest BCUT2D eigenvalue weighted by molar-refractivity contribution is 6.31. The summed E-state index contributed by atoms with van der Waals surface area (Å²) < 4.78 is 7.57. The highest BCUT2D eigenvalue weighted by atomic mass is 35.5. The van der Waals surface area contributed by atoms with Crippen molar-refractivity contribution in [3.63, 3.8) is 0 Å². The Hall–Kier alpha value is -2.79. The SMILES string of the molecule is CC(C)c1ccc(OCc2cccc(C(=O)N(C)Cc3c(Cl)cnn3C)c2)cc1. The van der Waals surface area contributed by atoms with Crippen molar-refractivity contribution in [2.75, 3.05) is 7.05 Å². The van der Waals surface area contributed by atoms with Crippen molar-refractivity contribution in [2.24, 2.45) is 7.05 Å². The molecule has 0 unspecified atom stereocenters. The summed E-state index contributed by atoms with van der Waals surface area (Å²) in [5, 5.41) is 4.67. The highest BCUT2D eigenvalue weighted by Crippen LogP contribution is 2.20. The number of hydrogen-bond donors (Lipinski definition) is 0. The molecule has 152 valence electrons. The fourth-order valence-corrected chi connectivity index (χ4v) is 3.27. The molecule has 0 aliphatic carbocycles. The molecule has 0 atom stereocenters. The van der Waals surface area contributed by atoms with Crippen LogP contribution < -0.4 is 4.74 Å². The molecular formula is C23H26ClN3O2. The molecule has 0 bridgehead atoms. The molecule has 29 heavy (non-hydrogen) atoms. The minimum Gasteiger partial charge on any atom is -0.489 e. The van der Waals surface area contributed by atoms with Crippen LogP contribution in [-0.2, 0) is 20.2 Å². The summed E-state index contributed by atoms with van der Waals surface area (Å²) in [6, 6.07) is 15.6. The number of ether oxygens (including phenoxy) is 1. The van der Waals surface area contributed by atoms with Crippen LogP contribution in [0.5, 0.6) is 5.75 Å². The number of benzene rings is 2. The van der Waals surface area contributed by atoms with Crippen LogP contribution in [0.2, 0.25) is 5.02 Å². The summed E-state index contributed by atoms with van der Waals surface area (Å²) in [6.07, 6.45) is 1.58. The summed E-state index contributed by atoms with van der Waals surface area (Å²) in [4.78, 5) is 14.5. The number of aryl methyl sites for hydroxylation is 1. The first-order chi connectivity index (χ1) is 13.8. The molecule has 2 aromatic carbocycles. The Balaban J connectivity index is 1.64. The van der Waals surface area contributed by atoms with Crippen molar-refractivity contribution in [3.8, 4) is 5.75 Å². The van der Waals surface area contributed by atoms with Crippen LogP contribution >= 0.6 is 11.6 Å². The second-order valence-electron chi connectivity index (χ2n) is 7.44. The lowest BCUT2D eigenvalue weighted by atomic mass is 10.0. The minimum atomic E-state index is -0.0783. The predicted octanol–water partition coefficient (Wildman–Crippen LogP) is 5.05. The first-order valence-electron chi connectivity index (χ1n) is 9.58. The van der Waals surface area contributed by atoms with E-state index >= 15 is 0 Å². The molecule has 6 heteroatoms. The third kappa shape index (κ3) is 5.18. The van der Waals surface area contributed by atoms with E-state index in [0.29, 0.717) is 29.7 Å². The largest absolute Gasteiger partial charge is 0.489 e. The number of nitrogens with zero attached hydrogens (tertiary/aromatic N) is 3. The Bertz CT molecular complexity index is 961. The number of carbonyl (C=O) groups is 1. The standard InChI is InChI=1S/C23H26ClN3O2/c1-16(2)18-8-10-20(11-9-18)29-15-17-6-5-7-19(12-17)23(28)26(3)14-22-21(24)13-25-27(22)4/h5-13,16H,14-15H2,1-4H3. The molecule has 0 fully saturated rings. The Kier molecular flexibility index (Phi) is 6.60. The van der Waals surface area contributed by atoms with Crippen LogP contribution in [0.3, 0.4) is 0 Å². The van der Waals surface area contributed by atoms with Crippen molar-refractivity contribution in [1.82, 2.24) is 14.7 Å². The van der Waals surface area contributed by atoms with E-state index in [2.05, 4.69) is 31.1 Å². The second-order valence-corrected chi connectivity index (χ2v) is 7.84. The van der Waals surface area contributed by atoms with Gasteiger partial charge in [0.1, 0.15) is 12.4 Å². The molecule has 0 aliphatic rings. The van der Waals surface area contributed by atoms with E-state index in [0.717, 1.165) is 17.0 Å². The number of halogens is 1. The molecule has 1 aromatic heterocycles. The maximum Gasteiger partial charge on any atom is 0.253 e. The molecule has 3 rings (SSSR count). The van der Waals surface area contributed by atoms with Gasteiger partial charge in [-0.25, -0.2) is 0 Å². The zero-order valence-electron chi connectivity index (χ0n) is 17.2. The zero-order valence-corrected chi connectivity index (χ0v) is 18.0. The molecule has 1 amide bonds. The summed E-state index contributed by atoms with van der Waals surface area (Å²) in [5.74, 6) is 1.23. The van der Waals surface area contributed by atoms with Crippen LogP contribution in [0.15, 0.2) is 54.7 Å². The number of rotatable bonds is 7. The third-order valence-electron chi connectivity index (χ3n) is 4.87. The van der Waals surface area contributed by atoms with E-state index in [1.54, 1.807) is 22.8 Å². The minimum absolute atomic E-state index is 0.0783. The molecule has 0 saturated carbocycles. The average Bonchev–Trinajstić information content (AvgIpc) is 3.04. The Morgan fingerprint density at radius 3 is 2.55 bits per heavy atom. The van der Waals surface area contributed by atoms with Gasteiger partial charge in [-0.15, -0.1) is 0 Å². The maximum absolute atomic E-state index is 12.8. The first-order valence-corrected chi connectivity index (χ1v) is 9.96. The average molecular weight is 412 g/mol. The summed E-state index contributed by atoms with van der Waals surface area (Å²) >= 11 is 6.15. The summed E-state index contributed by atoms with van der Waals surface area (Å²) in [5.41, 5.74) is 3.63. The van der Waals surface area contributed by atoms with Crippen molar-refractivity contribution in [2.45, 2.75) is 32.9 Å². The zero-order chi connectivity index (χ0) is 21.0. The molecule has 0 spiro atoms. The number of hydrogen-bond acceptors (Lipinski definition) is 3. The molecular weight excluding hydrogens is 386 g/mol. The van der Waals surface area contributed by atoms with Gasteiger partial charge < -0.3 is 9.64 Å². The van der Waals surface area contributed by atoms with Crippen LogP contribution in [-0.4, -0.2) is 27.6 Å². The van der Waals surface area contributed by atoms with E-state index in [-0.39, 0.29) is 5.91 Å². The van der Waals surface area contributed by atoms with Crippen LogP contribution in [0, 0.1) is 0 Å². The summed E-state index contributed by atoms with van der Waals surface area (Å²) in [6.45, 7) is 5.12. The fraction of sp³-hybridized carbons (Fsp3) is 0.304. The number of aromatic nitrogens is 2. The lowest BCUT2D eigenvalue weighted by Crippen LogP contribution is -2.27. The van der Waals surface area contributed by atoms with Gasteiger partial charge in [-0.1, -0.05) is 49.7 Å². The number of carbonyl (C=O) groups excluding carboxylic acids is 1. The van der Waals surface area contributed by atoms with Crippen molar-refractivity contribution in [1.29, 1.82) is 0 Å². The van der Waals surface area contributed by atoms with Crippen LogP contribution in [0.4, 0.5) is 0 Å². The predicted molar refractivity (Wildman–Crippen MR) is 115 cm³/mol. The van der Waals surface area contributed by atoms with Gasteiger partial charge in [-0.3, -0.25) is 9.48 Å². The van der Waals surface area contributed by atoms with Gasteiger partial charge in [-0.2, -0.15) is 5.10 Å². The van der Waals surface area contributed by atoms with Crippen molar-refractivity contribution < 1.29 is 9.53 Å². The smallest absolute Gasteiger partial charge is 0.253 e. The normalized spacial score (nSPS) is 11.0. The van der Waals surface area contributed by atoms with E-state index in [4.69, 9.17) is 16.3 Å². The second kappa shape index (κ2) is 9.14. The Morgan fingerprint density at radius 1 is 1.21 bits per heavy atom. The molecule has 0 N–H and O–H groups in total. The van der Waals surface area contributed by atoms with E-state index in [1.165, 1.54) is 5.56 Å². The first kappa shape index (κ1) is 20.9. The van der Waals surface area contributed by atoms with Gasteiger partial charge in [0, 0.05) is 19.7 Å². The van der Waals surface area contributed by atoms with E-state index in [9.17, 15) is 4.79 Å². The van der Waals surface area contributed by atoms with Crippen molar-refractivity contribution in [3.05, 3.63) is 82.1 Å². The maximum atomic E-state index is 12.8. The van der Waals surface area contributed by atoms with E-state index < -0.39 is 0 Å². The topological polar surface area (TPSA) is 47.4 Å². The summed E-state index contributed by atoms with van der Waals surface area (Å²) in [7, 11) is 3.57. The monoisotopic (exact) mass is 411 g/mol. The quantitative estimate of drug-likeness (QED) is 0.546.